The Morgan fingerprint density at radius 1 is 1.55 bits per heavy atom. The van der Waals surface area contributed by atoms with Crippen molar-refractivity contribution in [2.24, 2.45) is 11.8 Å². The van der Waals surface area contributed by atoms with Gasteiger partial charge in [0.1, 0.15) is 5.78 Å². The number of ketones is 1. The lowest BCUT2D eigenvalue weighted by molar-refractivity contribution is -0.123. The maximum Gasteiger partial charge on any atom is 0.140 e. The third-order valence-electron chi connectivity index (χ3n) is 2.39. The highest BCUT2D eigenvalue weighted by Crippen LogP contribution is 2.25. The number of hydrogen-bond acceptors (Lipinski definition) is 1. The van der Waals surface area contributed by atoms with E-state index < -0.39 is 0 Å². The van der Waals surface area contributed by atoms with Gasteiger partial charge in [0.05, 0.1) is 0 Å². The van der Waals surface area contributed by atoms with Crippen LogP contribution in [0, 0.1) is 11.8 Å². The van der Waals surface area contributed by atoms with Gasteiger partial charge in [-0.1, -0.05) is 25.5 Å². The average molecular weight is 152 g/mol. The summed E-state index contributed by atoms with van der Waals surface area (Å²) in [6.07, 6.45) is 3.84. The van der Waals surface area contributed by atoms with E-state index in [0.29, 0.717) is 24.0 Å². The number of carbonyl (C=O) groups is 1. The molecule has 1 heteroatoms. The second-order valence-electron chi connectivity index (χ2n) is 3.78. The van der Waals surface area contributed by atoms with E-state index in [1.54, 1.807) is 0 Å². The zero-order chi connectivity index (χ0) is 8.43. The minimum absolute atomic E-state index is 0.290. The fourth-order valence-electron chi connectivity index (χ4n) is 1.58. The van der Waals surface area contributed by atoms with Gasteiger partial charge in [0.25, 0.3) is 0 Å². The van der Waals surface area contributed by atoms with Crippen LogP contribution in [0.1, 0.15) is 33.6 Å². The number of hydrogen-bond donors (Lipinski definition) is 0. The highest BCUT2D eigenvalue weighted by molar-refractivity contribution is 5.84. The summed E-state index contributed by atoms with van der Waals surface area (Å²) in [5.74, 6) is 1.23. The Balaban J connectivity index is 2.66. The van der Waals surface area contributed by atoms with Crippen molar-refractivity contribution in [3.8, 4) is 0 Å². The van der Waals surface area contributed by atoms with Gasteiger partial charge >= 0.3 is 0 Å². The van der Waals surface area contributed by atoms with Crippen LogP contribution in [0.4, 0.5) is 0 Å². The molecule has 0 aromatic heterocycles. The van der Waals surface area contributed by atoms with Gasteiger partial charge in [-0.2, -0.15) is 0 Å². The molecule has 1 rings (SSSR count). The summed E-state index contributed by atoms with van der Waals surface area (Å²) in [5.41, 5.74) is 1.24. The summed E-state index contributed by atoms with van der Waals surface area (Å²) in [7, 11) is 0. The number of Topliss-reactive ketones (excluding diaryl/α,β-unsaturated/α-hetero) is 1. The van der Waals surface area contributed by atoms with Crippen LogP contribution < -0.4 is 0 Å². The Labute approximate surface area is 68.5 Å². The molecule has 0 saturated heterocycles. The predicted octanol–water partition coefficient (Wildman–Crippen LogP) is 2.57. The fraction of sp³-hybridized carbons (Fsp3) is 0.700. The summed E-state index contributed by atoms with van der Waals surface area (Å²) >= 11 is 0. The van der Waals surface area contributed by atoms with E-state index in [0.717, 1.165) is 6.42 Å². The first kappa shape index (κ1) is 8.51. The van der Waals surface area contributed by atoms with E-state index in [2.05, 4.69) is 19.9 Å². The first-order valence-electron chi connectivity index (χ1n) is 4.29. The highest BCUT2D eigenvalue weighted by atomic mass is 16.1. The zero-order valence-electron chi connectivity index (χ0n) is 7.55. The molecule has 0 amide bonds. The van der Waals surface area contributed by atoms with E-state index in [9.17, 15) is 4.79 Å². The van der Waals surface area contributed by atoms with Crippen molar-refractivity contribution in [2.75, 3.05) is 0 Å². The van der Waals surface area contributed by atoms with Crippen LogP contribution >= 0.6 is 0 Å². The second-order valence-corrected chi connectivity index (χ2v) is 3.78. The first-order chi connectivity index (χ1) is 5.11. The van der Waals surface area contributed by atoms with E-state index in [1.165, 1.54) is 5.57 Å². The second kappa shape index (κ2) is 3.21. The van der Waals surface area contributed by atoms with Crippen molar-refractivity contribution in [1.29, 1.82) is 0 Å². The topological polar surface area (TPSA) is 17.1 Å². The smallest absolute Gasteiger partial charge is 0.140 e. The lowest BCUT2D eigenvalue weighted by atomic mass is 9.82. The third kappa shape index (κ3) is 1.92. The maximum absolute atomic E-state index is 11.4. The Morgan fingerprint density at radius 3 is 2.64 bits per heavy atom. The lowest BCUT2D eigenvalue weighted by Gasteiger charge is -2.22. The fourth-order valence-corrected chi connectivity index (χ4v) is 1.58. The highest BCUT2D eigenvalue weighted by Gasteiger charge is 2.23. The summed E-state index contributed by atoms with van der Waals surface area (Å²) in [4.78, 5) is 11.4. The largest absolute Gasteiger partial charge is 0.299 e. The van der Waals surface area contributed by atoms with Crippen LogP contribution in [0.3, 0.4) is 0 Å². The minimum Gasteiger partial charge on any atom is -0.299 e. The molecule has 0 saturated carbocycles. The van der Waals surface area contributed by atoms with Gasteiger partial charge in [-0.3, -0.25) is 4.79 Å². The van der Waals surface area contributed by atoms with Crippen molar-refractivity contribution in [1.82, 2.24) is 0 Å². The third-order valence-corrected chi connectivity index (χ3v) is 2.39. The molecule has 1 aliphatic rings. The van der Waals surface area contributed by atoms with Gasteiger partial charge < -0.3 is 0 Å². The standard InChI is InChI=1S/C10H16O/c1-7(2)9-5-4-8(3)6-10(9)11/h4,7,9H,5-6H2,1-3H3/t9-/m0/s1. The van der Waals surface area contributed by atoms with Gasteiger partial charge in [-0.25, -0.2) is 0 Å². The summed E-state index contributed by atoms with van der Waals surface area (Å²) < 4.78 is 0. The molecule has 0 aromatic rings. The number of rotatable bonds is 1. The van der Waals surface area contributed by atoms with Crippen LogP contribution in [0.15, 0.2) is 11.6 Å². The van der Waals surface area contributed by atoms with Crippen LogP contribution in [-0.2, 0) is 4.79 Å². The van der Waals surface area contributed by atoms with Gasteiger partial charge in [-0.15, -0.1) is 0 Å². The SMILES string of the molecule is CC1=CC[C@@H](C(C)C)C(=O)C1. The molecule has 1 nitrogen and oxygen atoms in total. The maximum atomic E-state index is 11.4. The molecular formula is C10H16O. The molecule has 11 heavy (non-hydrogen) atoms. The molecular weight excluding hydrogens is 136 g/mol. The molecule has 62 valence electrons. The minimum atomic E-state index is 0.290. The molecule has 0 bridgehead atoms. The molecule has 1 aliphatic carbocycles. The first-order valence-corrected chi connectivity index (χ1v) is 4.29. The van der Waals surface area contributed by atoms with Crippen LogP contribution in [0.5, 0.6) is 0 Å². The van der Waals surface area contributed by atoms with Gasteiger partial charge in [0, 0.05) is 12.3 Å². The van der Waals surface area contributed by atoms with E-state index in [4.69, 9.17) is 0 Å². The molecule has 0 heterocycles. The van der Waals surface area contributed by atoms with Crippen molar-refractivity contribution >= 4 is 5.78 Å². The molecule has 0 aromatic carbocycles. The van der Waals surface area contributed by atoms with Crippen molar-refractivity contribution in [2.45, 2.75) is 33.6 Å². The van der Waals surface area contributed by atoms with Gasteiger partial charge in [0.15, 0.2) is 0 Å². The van der Waals surface area contributed by atoms with E-state index in [-0.39, 0.29) is 0 Å². The quantitative estimate of drug-likeness (QED) is 0.528. The molecule has 0 spiro atoms. The lowest BCUT2D eigenvalue weighted by Crippen LogP contribution is -2.22. The molecule has 0 aliphatic heterocycles. The molecule has 0 fully saturated rings. The molecule has 1 atom stereocenters. The van der Waals surface area contributed by atoms with Crippen molar-refractivity contribution in [3.63, 3.8) is 0 Å². The summed E-state index contributed by atoms with van der Waals surface area (Å²) in [6, 6.07) is 0. The molecule has 0 unspecified atom stereocenters. The van der Waals surface area contributed by atoms with E-state index in [1.807, 2.05) is 6.92 Å². The number of carbonyl (C=O) groups excluding carboxylic acids is 1. The van der Waals surface area contributed by atoms with Crippen molar-refractivity contribution < 1.29 is 4.79 Å². The van der Waals surface area contributed by atoms with Gasteiger partial charge in [0.2, 0.25) is 0 Å². The zero-order valence-corrected chi connectivity index (χ0v) is 7.55. The number of allylic oxidation sites excluding steroid dienone is 2. The Bertz CT molecular complexity index is 189. The Kier molecular flexibility index (Phi) is 2.48. The Hall–Kier alpha value is -0.590. The summed E-state index contributed by atoms with van der Waals surface area (Å²) in [5, 5.41) is 0. The van der Waals surface area contributed by atoms with Gasteiger partial charge in [-0.05, 0) is 19.3 Å². The normalized spacial score (nSPS) is 25.6. The monoisotopic (exact) mass is 152 g/mol. The van der Waals surface area contributed by atoms with Crippen LogP contribution in [-0.4, -0.2) is 5.78 Å². The van der Waals surface area contributed by atoms with Crippen LogP contribution in [0.2, 0.25) is 0 Å². The Morgan fingerprint density at radius 2 is 2.18 bits per heavy atom. The van der Waals surface area contributed by atoms with E-state index >= 15 is 0 Å². The van der Waals surface area contributed by atoms with Crippen LogP contribution in [0.25, 0.3) is 0 Å². The predicted molar refractivity (Wildman–Crippen MR) is 46.3 cm³/mol. The molecule has 0 radical (unpaired) electrons. The summed E-state index contributed by atoms with van der Waals surface area (Å²) in [6.45, 7) is 6.28. The average Bonchev–Trinajstić information content (AvgIpc) is 1.85. The molecule has 0 N–H and O–H groups in total. The van der Waals surface area contributed by atoms with Crippen molar-refractivity contribution in [3.05, 3.63) is 11.6 Å².